The van der Waals surface area contributed by atoms with Crippen LogP contribution in [0.25, 0.3) is 0 Å². The van der Waals surface area contributed by atoms with Gasteiger partial charge in [-0.15, -0.1) is 0 Å². The zero-order valence-electron chi connectivity index (χ0n) is 10.2. The van der Waals surface area contributed by atoms with Crippen LogP contribution in [0.4, 0.5) is 0 Å². The second-order valence-corrected chi connectivity index (χ2v) is 4.88. The fourth-order valence-electron chi connectivity index (χ4n) is 0.956. The van der Waals surface area contributed by atoms with Gasteiger partial charge in [0.2, 0.25) is 6.29 Å². The van der Waals surface area contributed by atoms with Crippen molar-refractivity contribution in [2.24, 2.45) is 11.3 Å². The quantitative estimate of drug-likeness (QED) is 0.551. The van der Waals surface area contributed by atoms with Crippen molar-refractivity contribution in [3.8, 4) is 0 Å². The fraction of sp³-hybridized carbons (Fsp3) is 0.909. The van der Waals surface area contributed by atoms with E-state index >= 15 is 0 Å². The molecule has 90 valence electrons. The van der Waals surface area contributed by atoms with Gasteiger partial charge in [0.25, 0.3) is 0 Å². The number of hydrogen-bond donors (Lipinski definition) is 2. The minimum atomic E-state index is -1.24. The molecule has 0 bridgehead atoms. The standard InChI is InChI=1S/C11H22O4/c1-6-8(12)7(2)9(13)15-10(14)11(3,4)5/h7-9,12-13H,6H2,1-5H3. The van der Waals surface area contributed by atoms with E-state index in [1.165, 1.54) is 0 Å². The number of carbonyl (C=O) groups excluding carboxylic acids is 1. The molecule has 3 unspecified atom stereocenters. The smallest absolute Gasteiger partial charge is 0.313 e. The summed E-state index contributed by atoms with van der Waals surface area (Å²) in [4.78, 5) is 11.4. The summed E-state index contributed by atoms with van der Waals surface area (Å²) in [5.74, 6) is -0.938. The van der Waals surface area contributed by atoms with Crippen molar-refractivity contribution in [2.75, 3.05) is 0 Å². The van der Waals surface area contributed by atoms with Gasteiger partial charge in [0.15, 0.2) is 0 Å². The average molecular weight is 218 g/mol. The number of ether oxygens (including phenoxy) is 1. The normalized spacial score (nSPS) is 18.1. The van der Waals surface area contributed by atoms with E-state index in [9.17, 15) is 15.0 Å². The molecule has 15 heavy (non-hydrogen) atoms. The average Bonchev–Trinajstić information content (AvgIpc) is 2.13. The predicted octanol–water partition coefficient (Wildman–Crippen LogP) is 1.30. The predicted molar refractivity (Wildman–Crippen MR) is 57.0 cm³/mol. The lowest BCUT2D eigenvalue weighted by Crippen LogP contribution is -2.36. The number of hydrogen-bond acceptors (Lipinski definition) is 4. The van der Waals surface area contributed by atoms with Crippen LogP contribution >= 0.6 is 0 Å². The van der Waals surface area contributed by atoms with Crippen LogP contribution in [0, 0.1) is 11.3 Å². The molecule has 0 aliphatic heterocycles. The maximum atomic E-state index is 11.4. The van der Waals surface area contributed by atoms with Crippen molar-refractivity contribution in [1.29, 1.82) is 0 Å². The second kappa shape index (κ2) is 5.47. The first-order chi connectivity index (χ1) is 6.70. The number of rotatable bonds is 4. The van der Waals surface area contributed by atoms with Crippen LogP contribution in [0.3, 0.4) is 0 Å². The number of aliphatic hydroxyl groups is 2. The maximum absolute atomic E-state index is 11.4. The van der Waals surface area contributed by atoms with Crippen LogP contribution in [-0.2, 0) is 9.53 Å². The van der Waals surface area contributed by atoms with Crippen LogP contribution in [0.2, 0.25) is 0 Å². The van der Waals surface area contributed by atoms with Gasteiger partial charge in [-0.05, 0) is 27.2 Å². The summed E-state index contributed by atoms with van der Waals surface area (Å²) in [7, 11) is 0. The Bertz CT molecular complexity index is 207. The molecule has 0 aromatic heterocycles. The molecular weight excluding hydrogens is 196 g/mol. The molecule has 0 aromatic carbocycles. The molecule has 0 radical (unpaired) electrons. The van der Waals surface area contributed by atoms with Gasteiger partial charge >= 0.3 is 5.97 Å². The first-order valence-corrected chi connectivity index (χ1v) is 5.27. The molecular formula is C11H22O4. The molecule has 4 heteroatoms. The van der Waals surface area contributed by atoms with E-state index in [4.69, 9.17) is 4.74 Å². The number of aliphatic hydroxyl groups excluding tert-OH is 2. The Balaban J connectivity index is 4.25. The molecule has 0 amide bonds. The monoisotopic (exact) mass is 218 g/mol. The van der Waals surface area contributed by atoms with E-state index in [-0.39, 0.29) is 0 Å². The zero-order chi connectivity index (χ0) is 12.2. The highest BCUT2D eigenvalue weighted by atomic mass is 16.6. The summed E-state index contributed by atoms with van der Waals surface area (Å²) in [6.07, 6.45) is -1.38. The van der Waals surface area contributed by atoms with Gasteiger partial charge in [0.1, 0.15) is 0 Å². The Hall–Kier alpha value is -0.610. The summed E-state index contributed by atoms with van der Waals surface area (Å²) in [5, 5.41) is 19.0. The summed E-state index contributed by atoms with van der Waals surface area (Å²) in [6, 6.07) is 0. The highest BCUT2D eigenvalue weighted by Gasteiger charge is 2.29. The largest absolute Gasteiger partial charge is 0.435 e. The van der Waals surface area contributed by atoms with E-state index in [1.54, 1.807) is 34.6 Å². The summed E-state index contributed by atoms with van der Waals surface area (Å²) in [6.45, 7) is 8.59. The van der Waals surface area contributed by atoms with Gasteiger partial charge in [-0.25, -0.2) is 0 Å². The Labute approximate surface area is 91.3 Å². The third kappa shape index (κ3) is 4.62. The van der Waals surface area contributed by atoms with Crippen molar-refractivity contribution < 1.29 is 19.7 Å². The second-order valence-electron chi connectivity index (χ2n) is 4.88. The molecule has 0 spiro atoms. The van der Waals surface area contributed by atoms with Crippen LogP contribution < -0.4 is 0 Å². The summed E-state index contributed by atoms with van der Waals surface area (Å²) in [5.41, 5.74) is -0.641. The Morgan fingerprint density at radius 3 is 2.13 bits per heavy atom. The molecule has 0 aromatic rings. The van der Waals surface area contributed by atoms with Crippen LogP contribution in [0.15, 0.2) is 0 Å². The van der Waals surface area contributed by atoms with Gasteiger partial charge in [0, 0.05) is 5.92 Å². The Morgan fingerprint density at radius 1 is 1.33 bits per heavy atom. The molecule has 3 atom stereocenters. The third-order valence-electron chi connectivity index (χ3n) is 2.32. The van der Waals surface area contributed by atoms with Crippen LogP contribution in [-0.4, -0.2) is 28.6 Å². The first kappa shape index (κ1) is 14.4. The lowest BCUT2D eigenvalue weighted by Gasteiger charge is -2.26. The molecule has 0 fully saturated rings. The van der Waals surface area contributed by atoms with E-state index < -0.39 is 29.7 Å². The van der Waals surface area contributed by atoms with Gasteiger partial charge in [0.05, 0.1) is 11.5 Å². The summed E-state index contributed by atoms with van der Waals surface area (Å²) < 4.78 is 4.86. The molecule has 0 rings (SSSR count). The van der Waals surface area contributed by atoms with Gasteiger partial charge in [-0.1, -0.05) is 13.8 Å². The van der Waals surface area contributed by atoms with E-state index in [1.807, 2.05) is 0 Å². The van der Waals surface area contributed by atoms with Crippen molar-refractivity contribution >= 4 is 5.97 Å². The molecule has 4 nitrogen and oxygen atoms in total. The molecule has 0 aliphatic carbocycles. The minimum absolute atomic E-state index is 0.467. The van der Waals surface area contributed by atoms with Crippen molar-refractivity contribution in [3.63, 3.8) is 0 Å². The van der Waals surface area contributed by atoms with Crippen LogP contribution in [0.5, 0.6) is 0 Å². The Kier molecular flexibility index (Phi) is 5.24. The van der Waals surface area contributed by atoms with Crippen molar-refractivity contribution in [2.45, 2.75) is 53.4 Å². The zero-order valence-corrected chi connectivity index (χ0v) is 10.2. The molecule has 0 saturated carbocycles. The topological polar surface area (TPSA) is 66.8 Å². The Morgan fingerprint density at radius 2 is 1.80 bits per heavy atom. The fourth-order valence-corrected chi connectivity index (χ4v) is 0.956. The minimum Gasteiger partial charge on any atom is -0.435 e. The molecule has 0 heterocycles. The number of esters is 1. The molecule has 2 N–H and O–H groups in total. The van der Waals surface area contributed by atoms with Crippen molar-refractivity contribution in [3.05, 3.63) is 0 Å². The van der Waals surface area contributed by atoms with Crippen molar-refractivity contribution in [1.82, 2.24) is 0 Å². The maximum Gasteiger partial charge on any atom is 0.313 e. The van der Waals surface area contributed by atoms with Crippen LogP contribution in [0.1, 0.15) is 41.0 Å². The van der Waals surface area contributed by atoms with E-state index in [2.05, 4.69) is 0 Å². The highest BCUT2D eigenvalue weighted by Crippen LogP contribution is 2.19. The van der Waals surface area contributed by atoms with E-state index in [0.717, 1.165) is 0 Å². The van der Waals surface area contributed by atoms with E-state index in [0.29, 0.717) is 6.42 Å². The SMILES string of the molecule is CCC(O)C(C)C(O)OC(=O)C(C)(C)C. The molecule has 0 aliphatic rings. The highest BCUT2D eigenvalue weighted by molar-refractivity contribution is 5.75. The van der Waals surface area contributed by atoms with Gasteiger partial charge in [-0.2, -0.15) is 0 Å². The lowest BCUT2D eigenvalue weighted by atomic mass is 9.97. The summed E-state index contributed by atoms with van der Waals surface area (Å²) >= 11 is 0. The number of carbonyl (C=O) groups is 1. The first-order valence-electron chi connectivity index (χ1n) is 5.27. The molecule has 0 saturated heterocycles. The lowest BCUT2D eigenvalue weighted by molar-refractivity contribution is -0.191. The third-order valence-corrected chi connectivity index (χ3v) is 2.32. The van der Waals surface area contributed by atoms with Gasteiger partial charge in [-0.3, -0.25) is 4.79 Å². The van der Waals surface area contributed by atoms with Gasteiger partial charge < -0.3 is 14.9 Å².